The summed E-state index contributed by atoms with van der Waals surface area (Å²) in [6.45, 7) is 8.65. The molecule has 4 rings (SSSR count). The van der Waals surface area contributed by atoms with Crippen LogP contribution in [0.2, 0.25) is 0 Å². The number of esters is 1. The predicted octanol–water partition coefficient (Wildman–Crippen LogP) is 3.56. The first-order valence-corrected chi connectivity index (χ1v) is 11.4. The molecule has 0 unspecified atom stereocenters. The molecule has 0 spiro atoms. The monoisotopic (exact) mass is 520 g/mol. The van der Waals surface area contributed by atoms with Crippen LogP contribution in [0.15, 0.2) is 24.8 Å². The number of ether oxygens (including phenoxy) is 1. The Morgan fingerprint density at radius 2 is 1.81 bits per heavy atom. The summed E-state index contributed by atoms with van der Waals surface area (Å²) < 4.78 is 43.2. The zero-order valence-corrected chi connectivity index (χ0v) is 20.9. The SMILES string of the molecule is CN1C(C)(C)CC(Nc2ncc(-c3ncc(-c4cn[nH]c4)c(OC(=O)C(F)(F)F)c3O)nn2)CC1(C)C. The van der Waals surface area contributed by atoms with Crippen molar-refractivity contribution in [3.05, 3.63) is 24.8 Å². The van der Waals surface area contributed by atoms with E-state index in [1.807, 2.05) is 0 Å². The van der Waals surface area contributed by atoms with Crippen LogP contribution in [0, 0.1) is 0 Å². The van der Waals surface area contributed by atoms with E-state index in [1.165, 1.54) is 18.6 Å². The minimum atomic E-state index is -5.28. The number of aromatic nitrogens is 6. The number of hydrogen-bond acceptors (Lipinski definition) is 10. The van der Waals surface area contributed by atoms with Crippen molar-refractivity contribution in [3.63, 3.8) is 0 Å². The first kappa shape index (κ1) is 26.3. The number of carbonyl (C=O) groups is 1. The lowest BCUT2D eigenvalue weighted by molar-refractivity contribution is -0.189. The number of carbonyl (C=O) groups excluding carboxylic acids is 1. The second kappa shape index (κ2) is 9.25. The Morgan fingerprint density at radius 1 is 1.14 bits per heavy atom. The van der Waals surface area contributed by atoms with Gasteiger partial charge in [-0.3, -0.25) is 10.00 Å². The van der Waals surface area contributed by atoms with Gasteiger partial charge in [-0.2, -0.15) is 18.3 Å². The zero-order chi connectivity index (χ0) is 27.2. The summed E-state index contributed by atoms with van der Waals surface area (Å²) in [5.74, 6) is -3.82. The molecule has 37 heavy (non-hydrogen) atoms. The number of nitrogens with zero attached hydrogens (tertiary/aromatic N) is 6. The molecular formula is C23H27F3N8O3. The first-order valence-electron chi connectivity index (χ1n) is 11.4. The van der Waals surface area contributed by atoms with Crippen LogP contribution in [0.1, 0.15) is 40.5 Å². The van der Waals surface area contributed by atoms with Gasteiger partial charge in [-0.05, 0) is 47.6 Å². The molecule has 11 nitrogen and oxygen atoms in total. The number of rotatable bonds is 5. The van der Waals surface area contributed by atoms with E-state index in [9.17, 15) is 23.1 Å². The highest BCUT2D eigenvalue weighted by molar-refractivity contribution is 5.85. The Balaban J connectivity index is 1.62. The number of anilines is 1. The molecule has 0 aromatic carbocycles. The molecule has 0 aliphatic carbocycles. The molecule has 1 fully saturated rings. The van der Waals surface area contributed by atoms with E-state index in [0.717, 1.165) is 19.0 Å². The van der Waals surface area contributed by atoms with Crippen molar-refractivity contribution in [1.29, 1.82) is 0 Å². The van der Waals surface area contributed by atoms with Gasteiger partial charge in [-0.25, -0.2) is 14.8 Å². The third-order valence-electron chi connectivity index (χ3n) is 6.69. The molecule has 14 heteroatoms. The Bertz CT molecular complexity index is 1260. The highest BCUT2D eigenvalue weighted by Crippen LogP contribution is 2.43. The Hall–Kier alpha value is -3.81. The van der Waals surface area contributed by atoms with Crippen LogP contribution in [0.3, 0.4) is 0 Å². The fourth-order valence-electron chi connectivity index (χ4n) is 4.63. The Labute approximate surface area is 210 Å². The number of halogens is 3. The number of aromatic amines is 1. The predicted molar refractivity (Wildman–Crippen MR) is 127 cm³/mol. The fraction of sp³-hybridized carbons (Fsp3) is 0.478. The topological polar surface area (TPSA) is 142 Å². The van der Waals surface area contributed by atoms with E-state index in [1.54, 1.807) is 0 Å². The van der Waals surface area contributed by atoms with Crippen molar-refractivity contribution in [3.8, 4) is 34.0 Å². The van der Waals surface area contributed by atoms with Crippen molar-refractivity contribution >= 4 is 11.9 Å². The molecule has 0 atom stereocenters. The number of alkyl halides is 3. The van der Waals surface area contributed by atoms with Crippen molar-refractivity contribution in [2.45, 2.75) is 63.8 Å². The molecule has 3 aromatic heterocycles. The Kier molecular flexibility index (Phi) is 6.56. The number of aromatic hydroxyl groups is 1. The molecule has 0 saturated carbocycles. The molecule has 0 radical (unpaired) electrons. The number of hydrogen-bond donors (Lipinski definition) is 3. The number of likely N-dealkylation sites (tertiary alicyclic amines) is 1. The number of nitrogens with one attached hydrogen (secondary N) is 2. The van der Waals surface area contributed by atoms with Crippen LogP contribution < -0.4 is 10.1 Å². The highest BCUT2D eigenvalue weighted by Gasteiger charge is 2.44. The summed E-state index contributed by atoms with van der Waals surface area (Å²) in [6, 6.07) is 0.0722. The average molecular weight is 521 g/mol. The quantitative estimate of drug-likeness (QED) is 0.428. The number of piperidine rings is 1. The van der Waals surface area contributed by atoms with Crippen LogP contribution in [0.5, 0.6) is 11.5 Å². The lowest BCUT2D eigenvalue weighted by atomic mass is 9.77. The lowest BCUT2D eigenvalue weighted by Crippen LogP contribution is -2.61. The van der Waals surface area contributed by atoms with E-state index in [4.69, 9.17) is 0 Å². The van der Waals surface area contributed by atoms with E-state index >= 15 is 0 Å². The van der Waals surface area contributed by atoms with Gasteiger partial charge in [0.15, 0.2) is 11.5 Å². The standard InChI is InChI=1S/C23H27F3N8O3/c1-21(2)6-13(7-22(3,4)34(21)5)31-20-28-11-15(32-33-20)16-17(35)18(37-19(36)23(24,25)26)14(10-27-16)12-8-29-30-9-12/h8-11,13,35H,6-7H2,1-5H3,(H,29,30)(H,28,31,33). The molecule has 0 bridgehead atoms. The molecule has 0 amide bonds. The minimum Gasteiger partial charge on any atom is -0.503 e. The third kappa shape index (κ3) is 5.33. The van der Waals surface area contributed by atoms with E-state index in [-0.39, 0.29) is 45.6 Å². The maximum atomic E-state index is 12.9. The lowest BCUT2D eigenvalue weighted by Gasteiger charge is -2.53. The van der Waals surface area contributed by atoms with Crippen molar-refractivity contribution in [2.75, 3.05) is 12.4 Å². The van der Waals surface area contributed by atoms with Gasteiger partial charge in [0.1, 0.15) is 11.4 Å². The van der Waals surface area contributed by atoms with Gasteiger partial charge in [-0.15, -0.1) is 10.2 Å². The summed E-state index contributed by atoms with van der Waals surface area (Å²) in [5, 5.41) is 28.4. The van der Waals surface area contributed by atoms with E-state index < -0.39 is 23.6 Å². The molecule has 198 valence electrons. The molecule has 1 saturated heterocycles. The Morgan fingerprint density at radius 3 is 2.35 bits per heavy atom. The maximum absolute atomic E-state index is 12.9. The molecular weight excluding hydrogens is 493 g/mol. The second-order valence-corrected chi connectivity index (χ2v) is 10.2. The summed E-state index contributed by atoms with van der Waals surface area (Å²) in [4.78, 5) is 22.2. The first-order chi connectivity index (χ1) is 17.2. The van der Waals surface area contributed by atoms with Crippen LogP contribution in [0.25, 0.3) is 22.5 Å². The van der Waals surface area contributed by atoms with Crippen LogP contribution in [-0.4, -0.2) is 76.7 Å². The highest BCUT2D eigenvalue weighted by atomic mass is 19.4. The second-order valence-electron chi connectivity index (χ2n) is 10.2. The molecule has 3 aromatic rings. The van der Waals surface area contributed by atoms with Gasteiger partial charge < -0.3 is 15.2 Å². The van der Waals surface area contributed by atoms with Crippen molar-refractivity contribution in [1.82, 2.24) is 35.3 Å². The molecule has 3 N–H and O–H groups in total. The molecule has 1 aliphatic rings. The summed E-state index contributed by atoms with van der Waals surface area (Å²) in [7, 11) is 2.10. The fourth-order valence-corrected chi connectivity index (χ4v) is 4.63. The minimum absolute atomic E-state index is 0.0323. The molecule has 4 heterocycles. The molecule has 1 aliphatic heterocycles. The summed E-state index contributed by atoms with van der Waals surface area (Å²) >= 11 is 0. The zero-order valence-electron chi connectivity index (χ0n) is 20.9. The van der Waals surface area contributed by atoms with Crippen LogP contribution >= 0.6 is 0 Å². The van der Waals surface area contributed by atoms with Crippen molar-refractivity contribution < 1.29 is 27.8 Å². The van der Waals surface area contributed by atoms with Gasteiger partial charge in [0.25, 0.3) is 0 Å². The van der Waals surface area contributed by atoms with Gasteiger partial charge >= 0.3 is 12.1 Å². The largest absolute Gasteiger partial charge is 0.503 e. The van der Waals surface area contributed by atoms with E-state index in [2.05, 4.69) is 80.1 Å². The summed E-state index contributed by atoms with van der Waals surface area (Å²) in [6.07, 6.45) is 1.41. The smallest absolute Gasteiger partial charge is 0.491 e. The number of pyridine rings is 1. The summed E-state index contributed by atoms with van der Waals surface area (Å²) in [5.41, 5.74) is -0.265. The van der Waals surface area contributed by atoms with Crippen LogP contribution in [0.4, 0.5) is 19.1 Å². The van der Waals surface area contributed by atoms with Crippen molar-refractivity contribution in [2.24, 2.45) is 0 Å². The van der Waals surface area contributed by atoms with Crippen LogP contribution in [-0.2, 0) is 4.79 Å². The number of H-pyrrole nitrogens is 1. The van der Waals surface area contributed by atoms with Gasteiger partial charge in [0.05, 0.1) is 12.4 Å². The van der Waals surface area contributed by atoms with Gasteiger partial charge in [0, 0.05) is 40.6 Å². The van der Waals surface area contributed by atoms with E-state index in [0.29, 0.717) is 0 Å². The maximum Gasteiger partial charge on any atom is 0.491 e. The van der Waals surface area contributed by atoms with Gasteiger partial charge in [0.2, 0.25) is 5.95 Å². The van der Waals surface area contributed by atoms with Gasteiger partial charge in [-0.1, -0.05) is 0 Å². The average Bonchev–Trinajstić information content (AvgIpc) is 3.33. The normalized spacial score (nSPS) is 17.9. The third-order valence-corrected chi connectivity index (χ3v) is 6.69.